The van der Waals surface area contributed by atoms with Crippen LogP contribution in [0.1, 0.15) is 17.0 Å². The number of hydrogen-bond donors (Lipinski definition) is 1. The van der Waals surface area contributed by atoms with Gasteiger partial charge in [-0.1, -0.05) is 29.5 Å². The first kappa shape index (κ1) is 15.5. The van der Waals surface area contributed by atoms with Gasteiger partial charge in [-0.05, 0) is 32.9 Å². The fraction of sp³-hybridized carbons (Fsp3) is 0.250. The Morgan fingerprint density at radius 1 is 1.17 bits per heavy atom. The van der Waals surface area contributed by atoms with Crippen LogP contribution in [0.25, 0.3) is 16.6 Å². The minimum Gasteiger partial charge on any atom is -0.481 e. The molecule has 3 rings (SSSR count). The van der Waals surface area contributed by atoms with Crippen molar-refractivity contribution in [3.05, 3.63) is 41.2 Å². The van der Waals surface area contributed by atoms with Crippen molar-refractivity contribution in [2.24, 2.45) is 0 Å². The number of carboxylic acid groups (broad SMARTS) is 1. The Morgan fingerprint density at radius 3 is 2.52 bits per heavy atom. The molecule has 6 nitrogen and oxygen atoms in total. The lowest BCUT2D eigenvalue weighted by Gasteiger charge is -2.04. The number of aromatic nitrogens is 4. The third-order valence-corrected chi connectivity index (χ3v) is 4.52. The van der Waals surface area contributed by atoms with E-state index in [-0.39, 0.29) is 5.75 Å². The number of carbonyl (C=O) groups is 1. The van der Waals surface area contributed by atoms with E-state index in [1.165, 1.54) is 5.56 Å². The third kappa shape index (κ3) is 2.92. The lowest BCUT2D eigenvalue weighted by molar-refractivity contribution is -0.133. The van der Waals surface area contributed by atoms with Crippen LogP contribution in [0.4, 0.5) is 0 Å². The first-order chi connectivity index (χ1) is 11.0. The smallest absolute Gasteiger partial charge is 0.313 e. The van der Waals surface area contributed by atoms with Gasteiger partial charge >= 0.3 is 5.97 Å². The number of rotatable bonds is 4. The zero-order chi connectivity index (χ0) is 16.6. The molecule has 0 amide bonds. The van der Waals surface area contributed by atoms with E-state index in [0.717, 1.165) is 34.2 Å². The van der Waals surface area contributed by atoms with E-state index in [1.807, 2.05) is 49.7 Å². The van der Waals surface area contributed by atoms with Crippen molar-refractivity contribution in [2.45, 2.75) is 25.8 Å². The molecule has 2 aromatic heterocycles. The molecule has 23 heavy (non-hydrogen) atoms. The van der Waals surface area contributed by atoms with Crippen LogP contribution in [0.5, 0.6) is 0 Å². The first-order valence-corrected chi connectivity index (χ1v) is 8.10. The Morgan fingerprint density at radius 2 is 1.87 bits per heavy atom. The highest BCUT2D eigenvalue weighted by Gasteiger charge is 2.17. The highest BCUT2D eigenvalue weighted by atomic mass is 32.2. The third-order valence-electron chi connectivity index (χ3n) is 3.58. The van der Waals surface area contributed by atoms with Crippen molar-refractivity contribution < 1.29 is 9.90 Å². The van der Waals surface area contributed by atoms with E-state index in [2.05, 4.69) is 15.3 Å². The Kier molecular flexibility index (Phi) is 4.04. The van der Waals surface area contributed by atoms with E-state index in [0.29, 0.717) is 10.5 Å². The van der Waals surface area contributed by atoms with E-state index < -0.39 is 5.97 Å². The Balaban J connectivity index is 2.16. The van der Waals surface area contributed by atoms with Crippen LogP contribution in [-0.2, 0) is 4.79 Å². The molecule has 0 saturated heterocycles. The van der Waals surface area contributed by atoms with Crippen molar-refractivity contribution in [3.63, 3.8) is 0 Å². The molecule has 7 heteroatoms. The summed E-state index contributed by atoms with van der Waals surface area (Å²) < 4.78 is 1.85. The molecule has 0 aliphatic heterocycles. The molecule has 0 spiro atoms. The van der Waals surface area contributed by atoms with Gasteiger partial charge in [0.1, 0.15) is 10.5 Å². The standard InChI is InChI=1S/C16H16N4O2S/c1-9-4-6-12(7-5-9)20-11(3)14-10(2)17-18-16(15(14)19-20)23-8-13(21)22/h4-7H,8H2,1-3H3,(H,21,22). The summed E-state index contributed by atoms with van der Waals surface area (Å²) in [6.45, 7) is 5.90. The maximum Gasteiger partial charge on any atom is 0.313 e. The molecule has 0 saturated carbocycles. The van der Waals surface area contributed by atoms with Gasteiger partial charge in [0.25, 0.3) is 0 Å². The molecule has 0 aliphatic carbocycles. The SMILES string of the molecule is Cc1ccc(-n2nc3c(SCC(=O)O)nnc(C)c3c2C)cc1. The summed E-state index contributed by atoms with van der Waals surface area (Å²) in [5, 5.41) is 23.3. The van der Waals surface area contributed by atoms with E-state index in [9.17, 15) is 4.79 Å². The molecule has 0 radical (unpaired) electrons. The zero-order valence-corrected chi connectivity index (χ0v) is 13.9. The predicted octanol–water partition coefficient (Wildman–Crippen LogP) is 2.92. The molecular weight excluding hydrogens is 312 g/mol. The molecule has 0 atom stereocenters. The highest BCUT2D eigenvalue weighted by molar-refractivity contribution is 8.00. The lowest BCUT2D eigenvalue weighted by Crippen LogP contribution is -2.00. The summed E-state index contributed by atoms with van der Waals surface area (Å²) in [6.07, 6.45) is 0. The maximum atomic E-state index is 10.8. The van der Waals surface area contributed by atoms with Crippen LogP contribution >= 0.6 is 11.8 Å². The average Bonchev–Trinajstić information content (AvgIpc) is 2.86. The number of thioether (sulfide) groups is 1. The van der Waals surface area contributed by atoms with Crippen molar-refractivity contribution >= 4 is 28.6 Å². The summed E-state index contributed by atoms with van der Waals surface area (Å²) in [4.78, 5) is 10.8. The lowest BCUT2D eigenvalue weighted by atomic mass is 10.2. The number of fused-ring (bicyclic) bond motifs is 1. The molecular formula is C16H16N4O2S. The summed E-state index contributed by atoms with van der Waals surface area (Å²) in [5.41, 5.74) is 4.59. The second-order valence-corrected chi connectivity index (χ2v) is 6.29. The molecule has 0 aliphatic rings. The van der Waals surface area contributed by atoms with Crippen molar-refractivity contribution in [1.82, 2.24) is 20.0 Å². The molecule has 1 aromatic carbocycles. The maximum absolute atomic E-state index is 10.8. The molecule has 0 bridgehead atoms. The number of nitrogens with zero attached hydrogens (tertiary/aromatic N) is 4. The molecule has 2 heterocycles. The van der Waals surface area contributed by atoms with E-state index >= 15 is 0 Å². The normalized spacial score (nSPS) is 11.1. The van der Waals surface area contributed by atoms with Gasteiger partial charge in [-0.25, -0.2) is 4.68 Å². The topological polar surface area (TPSA) is 80.9 Å². The Labute approximate surface area is 137 Å². The number of aliphatic carboxylic acids is 1. The monoisotopic (exact) mass is 328 g/mol. The first-order valence-electron chi connectivity index (χ1n) is 7.11. The van der Waals surface area contributed by atoms with Gasteiger partial charge in [-0.15, -0.1) is 5.10 Å². The van der Waals surface area contributed by atoms with Crippen molar-refractivity contribution in [3.8, 4) is 5.69 Å². The zero-order valence-electron chi connectivity index (χ0n) is 13.1. The Hall–Kier alpha value is -2.41. The summed E-state index contributed by atoms with van der Waals surface area (Å²) in [6, 6.07) is 8.08. The predicted molar refractivity (Wildman–Crippen MR) is 89.2 cm³/mol. The van der Waals surface area contributed by atoms with Crippen LogP contribution in [0.3, 0.4) is 0 Å². The van der Waals surface area contributed by atoms with Gasteiger partial charge in [0, 0.05) is 5.39 Å². The molecule has 0 unspecified atom stereocenters. The van der Waals surface area contributed by atoms with Crippen molar-refractivity contribution in [2.75, 3.05) is 5.75 Å². The van der Waals surface area contributed by atoms with Gasteiger partial charge in [-0.3, -0.25) is 4.79 Å². The van der Waals surface area contributed by atoms with Gasteiger partial charge in [0.2, 0.25) is 0 Å². The summed E-state index contributed by atoms with van der Waals surface area (Å²) in [5.74, 6) is -0.955. The fourth-order valence-corrected chi connectivity index (χ4v) is 3.11. The van der Waals surface area contributed by atoms with Crippen LogP contribution in [-0.4, -0.2) is 36.8 Å². The average molecular weight is 328 g/mol. The molecule has 0 fully saturated rings. The number of carboxylic acids is 1. The number of benzene rings is 1. The second-order valence-electron chi connectivity index (χ2n) is 5.33. The van der Waals surface area contributed by atoms with E-state index in [1.54, 1.807) is 0 Å². The quantitative estimate of drug-likeness (QED) is 0.742. The second kappa shape index (κ2) is 6.00. The van der Waals surface area contributed by atoms with Crippen molar-refractivity contribution in [1.29, 1.82) is 0 Å². The molecule has 118 valence electrons. The van der Waals surface area contributed by atoms with Crippen LogP contribution in [0.2, 0.25) is 0 Å². The Bertz CT molecular complexity index is 887. The minimum absolute atomic E-state index is 0.0662. The van der Waals surface area contributed by atoms with Crippen LogP contribution in [0, 0.1) is 20.8 Å². The molecule has 1 N–H and O–H groups in total. The molecule has 3 aromatic rings. The fourth-order valence-electron chi connectivity index (χ4n) is 2.47. The largest absolute Gasteiger partial charge is 0.481 e. The van der Waals surface area contributed by atoms with Gasteiger partial charge < -0.3 is 5.11 Å². The van der Waals surface area contributed by atoms with Gasteiger partial charge in [-0.2, -0.15) is 10.2 Å². The number of aryl methyl sites for hydroxylation is 3. The summed E-state index contributed by atoms with van der Waals surface area (Å²) >= 11 is 1.14. The van der Waals surface area contributed by atoms with Crippen LogP contribution in [0.15, 0.2) is 29.3 Å². The van der Waals surface area contributed by atoms with Gasteiger partial charge in [0.15, 0.2) is 0 Å². The van der Waals surface area contributed by atoms with Gasteiger partial charge in [0.05, 0.1) is 22.8 Å². The highest BCUT2D eigenvalue weighted by Crippen LogP contribution is 2.29. The van der Waals surface area contributed by atoms with Crippen LogP contribution < -0.4 is 0 Å². The summed E-state index contributed by atoms with van der Waals surface area (Å²) in [7, 11) is 0. The number of hydrogen-bond acceptors (Lipinski definition) is 5. The minimum atomic E-state index is -0.889. The van der Waals surface area contributed by atoms with E-state index in [4.69, 9.17) is 5.11 Å².